The monoisotopic (exact) mass is 616 g/mol. The van der Waals surface area contributed by atoms with E-state index in [1.165, 1.54) is 11.1 Å². The molecule has 0 N–H and O–H groups in total. The number of nitrogens with zero attached hydrogens (tertiary/aromatic N) is 4. The molecule has 3 aromatic rings. The highest BCUT2D eigenvalue weighted by Gasteiger charge is 2.51. The van der Waals surface area contributed by atoms with Crippen LogP contribution in [0, 0.1) is 24.2 Å². The number of rotatable bonds is 9. The number of halogens is 1. The molecule has 44 heavy (non-hydrogen) atoms. The predicted molar refractivity (Wildman–Crippen MR) is 174 cm³/mol. The van der Waals surface area contributed by atoms with Crippen LogP contribution in [0.5, 0.6) is 5.75 Å². The van der Waals surface area contributed by atoms with Gasteiger partial charge in [0.2, 0.25) is 11.1 Å². The van der Waals surface area contributed by atoms with Crippen molar-refractivity contribution in [1.82, 2.24) is 14.8 Å². The molecule has 0 aliphatic heterocycles. The molecule has 7 nitrogen and oxygen atoms in total. The summed E-state index contributed by atoms with van der Waals surface area (Å²) in [6.07, 6.45) is 15.2. The zero-order valence-electron chi connectivity index (χ0n) is 26.5. The summed E-state index contributed by atoms with van der Waals surface area (Å²) in [4.78, 5) is 33.3. The molecule has 2 bridgehead atoms. The van der Waals surface area contributed by atoms with E-state index in [0.29, 0.717) is 18.8 Å². The minimum atomic E-state index is -0.320. The predicted octanol–water partition coefficient (Wildman–Crippen LogP) is 8.04. The maximum absolute atomic E-state index is 14.4. The van der Waals surface area contributed by atoms with Gasteiger partial charge >= 0.3 is 0 Å². The van der Waals surface area contributed by atoms with Crippen LogP contribution in [0.4, 0.5) is 5.82 Å². The first-order valence-corrected chi connectivity index (χ1v) is 16.7. The van der Waals surface area contributed by atoms with E-state index in [1.54, 1.807) is 13.3 Å². The smallest absolute Gasteiger partial charge is 0.231 e. The molecule has 0 spiro atoms. The first kappa shape index (κ1) is 30.8. The van der Waals surface area contributed by atoms with Gasteiger partial charge in [0.15, 0.2) is 0 Å². The second-order valence-electron chi connectivity index (χ2n) is 14.0. The lowest BCUT2D eigenvalue weighted by Gasteiger charge is -2.55. The van der Waals surface area contributed by atoms with E-state index in [2.05, 4.69) is 50.3 Å². The third kappa shape index (κ3) is 5.92. The molecule has 1 aromatic carbocycles. The third-order valence-electron chi connectivity index (χ3n) is 11.0. The van der Waals surface area contributed by atoms with Gasteiger partial charge in [-0.1, -0.05) is 18.6 Å². The summed E-state index contributed by atoms with van der Waals surface area (Å²) in [5, 5.41) is 4.21. The highest BCUT2D eigenvalue weighted by atomic mass is 35.5. The van der Waals surface area contributed by atoms with Gasteiger partial charge < -0.3 is 4.74 Å². The highest BCUT2D eigenvalue weighted by molar-refractivity contribution is 6.64. The van der Waals surface area contributed by atoms with Gasteiger partial charge in [-0.15, -0.1) is 0 Å². The van der Waals surface area contributed by atoms with E-state index >= 15 is 0 Å². The Kier molecular flexibility index (Phi) is 8.62. The number of aryl methyl sites for hydroxylation is 1. The van der Waals surface area contributed by atoms with Crippen molar-refractivity contribution in [2.24, 2.45) is 17.3 Å². The molecule has 8 heteroatoms. The van der Waals surface area contributed by atoms with Crippen molar-refractivity contribution in [3.05, 3.63) is 60.0 Å². The van der Waals surface area contributed by atoms with E-state index in [1.807, 2.05) is 27.9 Å². The molecule has 2 heterocycles. The Morgan fingerprint density at radius 1 is 1.05 bits per heavy atom. The van der Waals surface area contributed by atoms with Crippen molar-refractivity contribution in [3.8, 4) is 16.9 Å². The number of ether oxygens (including phenoxy) is 1. The number of carbonyl (C=O) groups excluding carboxylic acids is 2. The van der Waals surface area contributed by atoms with Crippen molar-refractivity contribution in [1.29, 1.82) is 0 Å². The van der Waals surface area contributed by atoms with Gasteiger partial charge in [0.1, 0.15) is 11.6 Å². The summed E-state index contributed by atoms with van der Waals surface area (Å²) in [6.45, 7) is 6.99. The molecular formula is C36H45ClN4O3. The van der Waals surface area contributed by atoms with Gasteiger partial charge in [-0.25, -0.2) is 4.98 Å². The summed E-state index contributed by atoms with van der Waals surface area (Å²) in [7, 11) is 1.73. The maximum Gasteiger partial charge on any atom is 0.231 e. The molecule has 0 radical (unpaired) electrons. The van der Waals surface area contributed by atoms with Crippen molar-refractivity contribution in [3.63, 3.8) is 0 Å². The Hall–Kier alpha value is -3.19. The molecule has 4 saturated carbocycles. The van der Waals surface area contributed by atoms with Crippen LogP contribution in [0.25, 0.3) is 11.1 Å². The Balaban J connectivity index is 1.28. The van der Waals surface area contributed by atoms with Crippen LogP contribution in [0.3, 0.4) is 0 Å². The molecule has 0 saturated heterocycles. The van der Waals surface area contributed by atoms with Crippen LogP contribution in [-0.4, -0.2) is 39.6 Å². The zero-order chi connectivity index (χ0) is 31.1. The minimum Gasteiger partial charge on any atom is -0.496 e. The zero-order valence-corrected chi connectivity index (χ0v) is 27.3. The summed E-state index contributed by atoms with van der Waals surface area (Å²) in [5.41, 5.74) is 4.86. The number of benzene rings is 1. The van der Waals surface area contributed by atoms with Gasteiger partial charge in [-0.3, -0.25) is 19.2 Å². The molecule has 0 unspecified atom stereocenters. The second kappa shape index (κ2) is 12.3. The minimum absolute atomic E-state index is 0.0511. The Morgan fingerprint density at radius 3 is 2.41 bits per heavy atom. The van der Waals surface area contributed by atoms with Gasteiger partial charge in [0.05, 0.1) is 13.3 Å². The van der Waals surface area contributed by atoms with Gasteiger partial charge in [-0.2, -0.15) is 5.10 Å². The van der Waals surface area contributed by atoms with Crippen LogP contribution in [0.1, 0.15) is 95.2 Å². The number of amides is 1. The van der Waals surface area contributed by atoms with Crippen LogP contribution < -0.4 is 9.64 Å². The molecule has 2 atom stereocenters. The molecule has 4 fully saturated rings. The van der Waals surface area contributed by atoms with Crippen LogP contribution in [0.2, 0.25) is 0 Å². The van der Waals surface area contributed by atoms with Crippen LogP contribution >= 0.6 is 11.6 Å². The average molecular weight is 617 g/mol. The molecule has 4 aliphatic rings. The van der Waals surface area contributed by atoms with Crippen molar-refractivity contribution in [2.75, 3.05) is 18.6 Å². The normalized spacial score (nSPS) is 26.5. The standard InChI is InChI=1S/C36H45ClN4O3/c1-24(2)41-22-29(21-39-41)26-10-17-38-32(20-26)40(34(43)28-7-5-6-27(19-28)33(37)42)23-35-11-14-36(15-12-35,16-13-35)30-8-9-31(44-4)25(3)18-30/h8-10,17-18,20-22,24,27-28H,5-7,11-16,19,23H2,1-4H3/t27-,28+,35?,36?/m0/s1. The van der Waals surface area contributed by atoms with E-state index < -0.39 is 0 Å². The lowest BCUT2D eigenvalue weighted by molar-refractivity contribution is -0.125. The molecular weight excluding hydrogens is 572 g/mol. The summed E-state index contributed by atoms with van der Waals surface area (Å²) < 4.78 is 7.48. The fraction of sp³-hybridized carbons (Fsp3) is 0.556. The largest absolute Gasteiger partial charge is 0.496 e. The number of carbonyl (C=O) groups is 2. The average Bonchev–Trinajstić information content (AvgIpc) is 3.56. The number of pyridine rings is 1. The number of methoxy groups -OCH3 is 1. The molecule has 1 amide bonds. The molecule has 7 rings (SSSR count). The first-order valence-electron chi connectivity index (χ1n) is 16.3. The lowest BCUT2D eigenvalue weighted by Crippen LogP contribution is -2.52. The Labute approximate surface area is 266 Å². The van der Waals surface area contributed by atoms with Gasteiger partial charge in [0.25, 0.3) is 0 Å². The van der Waals surface area contributed by atoms with Crippen LogP contribution in [0.15, 0.2) is 48.9 Å². The second-order valence-corrected chi connectivity index (χ2v) is 14.3. The molecule has 4 aliphatic carbocycles. The maximum atomic E-state index is 14.4. The highest BCUT2D eigenvalue weighted by Crippen LogP contribution is 2.58. The first-order chi connectivity index (χ1) is 21.1. The third-order valence-corrected chi connectivity index (χ3v) is 11.3. The van der Waals surface area contributed by atoms with Gasteiger partial charge in [0, 0.05) is 42.4 Å². The van der Waals surface area contributed by atoms with Crippen LogP contribution in [-0.2, 0) is 15.0 Å². The number of hydrogen-bond donors (Lipinski definition) is 0. The van der Waals surface area contributed by atoms with Gasteiger partial charge in [-0.05, 0) is 136 Å². The SMILES string of the molecule is COc1ccc(C23CCC(CN(C(=O)[C@@H]4CCC[C@H](C(=O)Cl)C4)c4cc(-c5cnn(C(C)C)c5)ccn4)(CC2)CC3)cc1C. The van der Waals surface area contributed by atoms with Crippen molar-refractivity contribution in [2.45, 2.75) is 96.4 Å². The van der Waals surface area contributed by atoms with E-state index in [-0.39, 0.29) is 39.9 Å². The summed E-state index contributed by atoms with van der Waals surface area (Å²) in [6, 6.07) is 11.0. The van der Waals surface area contributed by atoms with E-state index in [9.17, 15) is 9.59 Å². The number of aromatic nitrogens is 3. The topological polar surface area (TPSA) is 77.3 Å². The number of hydrogen-bond acceptors (Lipinski definition) is 5. The molecule has 2 aromatic heterocycles. The Bertz CT molecular complexity index is 1510. The van der Waals surface area contributed by atoms with Crippen molar-refractivity contribution >= 4 is 28.6 Å². The fourth-order valence-corrected chi connectivity index (χ4v) is 8.30. The van der Waals surface area contributed by atoms with E-state index in [0.717, 1.165) is 74.7 Å². The summed E-state index contributed by atoms with van der Waals surface area (Å²) in [5.74, 6) is 1.23. The summed E-state index contributed by atoms with van der Waals surface area (Å²) >= 11 is 5.94. The Morgan fingerprint density at radius 2 is 1.77 bits per heavy atom. The number of anilines is 1. The van der Waals surface area contributed by atoms with Crippen molar-refractivity contribution < 1.29 is 14.3 Å². The number of fused-ring (bicyclic) bond motifs is 3. The fourth-order valence-electron chi connectivity index (χ4n) is 8.10. The van der Waals surface area contributed by atoms with E-state index in [4.69, 9.17) is 21.3 Å². The lowest BCUT2D eigenvalue weighted by atomic mass is 9.51. The quantitative estimate of drug-likeness (QED) is 0.227. The molecule has 234 valence electrons.